The topological polar surface area (TPSA) is 72.5 Å². The second-order valence-corrected chi connectivity index (χ2v) is 6.09. The fourth-order valence-electron chi connectivity index (χ4n) is 1.10. The molecule has 0 aliphatic carbocycles. The van der Waals surface area contributed by atoms with E-state index in [1.54, 1.807) is 12.1 Å². The van der Waals surface area contributed by atoms with Crippen LogP contribution in [-0.4, -0.2) is 27.8 Å². The lowest BCUT2D eigenvalue weighted by Gasteiger charge is -2.06. The van der Waals surface area contributed by atoms with Crippen LogP contribution in [-0.2, 0) is 14.8 Å². The molecule has 0 saturated carbocycles. The van der Waals surface area contributed by atoms with E-state index in [2.05, 4.69) is 9.46 Å². The zero-order chi connectivity index (χ0) is 12.3. The van der Waals surface area contributed by atoms with Crippen LogP contribution < -0.4 is 4.72 Å². The molecule has 0 fully saturated rings. The van der Waals surface area contributed by atoms with E-state index in [-0.39, 0.29) is 0 Å². The second-order valence-electron chi connectivity index (χ2n) is 3.09. The number of methoxy groups -OCH3 is 1. The van der Waals surface area contributed by atoms with Gasteiger partial charge in [0.2, 0.25) is 10.0 Å². The summed E-state index contributed by atoms with van der Waals surface area (Å²) >= 11 is 1.99. The smallest absolute Gasteiger partial charge is 0.337 e. The third kappa shape index (κ3) is 3.97. The van der Waals surface area contributed by atoms with Crippen LogP contribution in [0.3, 0.4) is 0 Å². The van der Waals surface area contributed by atoms with Gasteiger partial charge in [-0.05, 0) is 40.8 Å². The molecule has 0 aromatic heterocycles. The quantitative estimate of drug-likeness (QED) is 0.658. The van der Waals surface area contributed by atoms with Crippen LogP contribution in [0.1, 0.15) is 10.4 Å². The molecule has 0 amide bonds. The first-order valence-corrected chi connectivity index (χ1v) is 7.15. The van der Waals surface area contributed by atoms with Crippen molar-refractivity contribution < 1.29 is 17.9 Å². The standard InChI is InChI=1S/C9H10INO4S/c1-15-9(12)6-3-7(10)5-8(4-6)11-16(2,13)14/h3-5,11H,1-2H3. The summed E-state index contributed by atoms with van der Waals surface area (Å²) in [5, 5.41) is 0. The van der Waals surface area contributed by atoms with E-state index < -0.39 is 16.0 Å². The van der Waals surface area contributed by atoms with Gasteiger partial charge in [0.25, 0.3) is 0 Å². The summed E-state index contributed by atoms with van der Waals surface area (Å²) in [6.07, 6.45) is 1.05. The number of halogens is 1. The summed E-state index contributed by atoms with van der Waals surface area (Å²) < 4.78 is 29.7. The highest BCUT2D eigenvalue weighted by Crippen LogP contribution is 2.18. The molecule has 16 heavy (non-hydrogen) atoms. The minimum absolute atomic E-state index is 0.306. The van der Waals surface area contributed by atoms with Gasteiger partial charge < -0.3 is 4.74 Å². The van der Waals surface area contributed by atoms with Crippen LogP contribution in [0.2, 0.25) is 0 Å². The predicted molar refractivity (Wildman–Crippen MR) is 69.0 cm³/mol. The van der Waals surface area contributed by atoms with E-state index in [1.165, 1.54) is 13.2 Å². The van der Waals surface area contributed by atoms with Gasteiger partial charge in [0.1, 0.15) is 0 Å². The molecule has 88 valence electrons. The summed E-state index contributed by atoms with van der Waals surface area (Å²) in [7, 11) is -2.08. The van der Waals surface area contributed by atoms with E-state index in [9.17, 15) is 13.2 Å². The number of nitrogens with one attached hydrogen (secondary N) is 1. The molecule has 1 aromatic rings. The molecule has 5 nitrogen and oxygen atoms in total. The number of carbonyl (C=O) groups excluding carboxylic acids is 1. The molecule has 1 aromatic carbocycles. The van der Waals surface area contributed by atoms with E-state index in [0.29, 0.717) is 11.3 Å². The van der Waals surface area contributed by atoms with Crippen molar-refractivity contribution in [1.82, 2.24) is 0 Å². The van der Waals surface area contributed by atoms with Gasteiger partial charge in [-0.1, -0.05) is 0 Å². The van der Waals surface area contributed by atoms with Crippen molar-refractivity contribution in [2.75, 3.05) is 18.1 Å². The minimum atomic E-state index is -3.35. The molecular weight excluding hydrogens is 345 g/mol. The first-order valence-electron chi connectivity index (χ1n) is 4.18. The summed E-state index contributed by atoms with van der Waals surface area (Å²) in [6.45, 7) is 0. The molecular formula is C9H10INO4S. The highest BCUT2D eigenvalue weighted by molar-refractivity contribution is 14.1. The fourth-order valence-corrected chi connectivity index (χ4v) is 2.32. The van der Waals surface area contributed by atoms with Crippen LogP contribution in [0.4, 0.5) is 5.69 Å². The zero-order valence-electron chi connectivity index (χ0n) is 8.65. The van der Waals surface area contributed by atoms with Gasteiger partial charge in [0.05, 0.1) is 24.6 Å². The number of carbonyl (C=O) groups is 1. The lowest BCUT2D eigenvalue weighted by atomic mass is 10.2. The van der Waals surface area contributed by atoms with Crippen molar-refractivity contribution in [2.45, 2.75) is 0 Å². The Morgan fingerprint density at radius 3 is 2.50 bits per heavy atom. The number of hydrogen-bond acceptors (Lipinski definition) is 4. The number of anilines is 1. The van der Waals surface area contributed by atoms with Gasteiger partial charge in [-0.2, -0.15) is 0 Å². The Morgan fingerprint density at radius 1 is 1.38 bits per heavy atom. The van der Waals surface area contributed by atoms with Gasteiger partial charge in [-0.25, -0.2) is 13.2 Å². The maximum atomic E-state index is 11.3. The summed E-state index contributed by atoms with van der Waals surface area (Å²) in [5.41, 5.74) is 0.648. The van der Waals surface area contributed by atoms with Crippen molar-refractivity contribution in [3.05, 3.63) is 27.3 Å². The molecule has 1 N–H and O–H groups in total. The van der Waals surface area contributed by atoms with Crippen LogP contribution in [0.5, 0.6) is 0 Å². The Morgan fingerprint density at radius 2 is 2.00 bits per heavy atom. The minimum Gasteiger partial charge on any atom is -0.465 e. The average Bonchev–Trinajstić information content (AvgIpc) is 2.12. The largest absolute Gasteiger partial charge is 0.465 e. The van der Waals surface area contributed by atoms with Gasteiger partial charge in [0, 0.05) is 3.57 Å². The lowest BCUT2D eigenvalue weighted by Crippen LogP contribution is -2.11. The van der Waals surface area contributed by atoms with Crippen molar-refractivity contribution in [3.8, 4) is 0 Å². The maximum Gasteiger partial charge on any atom is 0.337 e. The number of rotatable bonds is 3. The van der Waals surface area contributed by atoms with Gasteiger partial charge in [0.15, 0.2) is 0 Å². The molecule has 0 spiro atoms. The van der Waals surface area contributed by atoms with E-state index in [4.69, 9.17) is 0 Å². The van der Waals surface area contributed by atoms with Crippen molar-refractivity contribution in [1.29, 1.82) is 0 Å². The summed E-state index contributed by atoms with van der Waals surface area (Å²) in [6, 6.07) is 4.66. The van der Waals surface area contributed by atoms with Gasteiger partial charge in [-0.15, -0.1) is 0 Å². The Bertz CT molecular complexity index is 512. The SMILES string of the molecule is COC(=O)c1cc(I)cc(NS(C)(=O)=O)c1. The number of hydrogen-bond donors (Lipinski definition) is 1. The first kappa shape index (κ1) is 13.2. The monoisotopic (exact) mass is 355 g/mol. The average molecular weight is 355 g/mol. The Balaban J connectivity index is 3.13. The lowest BCUT2D eigenvalue weighted by molar-refractivity contribution is 0.0600. The molecule has 7 heteroatoms. The van der Waals surface area contributed by atoms with E-state index in [1.807, 2.05) is 22.6 Å². The molecule has 0 aliphatic heterocycles. The van der Waals surface area contributed by atoms with Gasteiger partial charge in [-0.3, -0.25) is 4.72 Å². The molecule has 0 unspecified atom stereocenters. The van der Waals surface area contributed by atoms with Crippen molar-refractivity contribution >= 4 is 44.3 Å². The molecule has 0 saturated heterocycles. The highest BCUT2D eigenvalue weighted by Gasteiger charge is 2.10. The first-order chi connectivity index (χ1) is 7.31. The zero-order valence-corrected chi connectivity index (χ0v) is 11.6. The number of sulfonamides is 1. The summed E-state index contributed by atoms with van der Waals surface area (Å²) in [4.78, 5) is 11.3. The second kappa shape index (κ2) is 5.00. The predicted octanol–water partition coefficient (Wildman–Crippen LogP) is 1.45. The Kier molecular flexibility index (Phi) is 4.14. The number of benzene rings is 1. The van der Waals surface area contributed by atoms with Crippen LogP contribution >= 0.6 is 22.6 Å². The third-order valence-electron chi connectivity index (χ3n) is 1.62. The molecule has 0 bridgehead atoms. The normalized spacial score (nSPS) is 10.9. The molecule has 1 rings (SSSR count). The van der Waals surface area contributed by atoms with Crippen molar-refractivity contribution in [2.24, 2.45) is 0 Å². The van der Waals surface area contributed by atoms with E-state index in [0.717, 1.165) is 9.83 Å². The number of esters is 1. The van der Waals surface area contributed by atoms with Crippen LogP contribution in [0.25, 0.3) is 0 Å². The van der Waals surface area contributed by atoms with Crippen LogP contribution in [0, 0.1) is 3.57 Å². The number of ether oxygens (including phenoxy) is 1. The van der Waals surface area contributed by atoms with Gasteiger partial charge >= 0.3 is 5.97 Å². The Labute approximate surface area is 107 Å². The molecule has 0 atom stereocenters. The third-order valence-corrected chi connectivity index (χ3v) is 2.85. The van der Waals surface area contributed by atoms with Crippen molar-refractivity contribution in [3.63, 3.8) is 0 Å². The maximum absolute atomic E-state index is 11.3. The highest BCUT2D eigenvalue weighted by atomic mass is 127. The molecule has 0 aliphatic rings. The van der Waals surface area contributed by atoms with E-state index >= 15 is 0 Å². The summed E-state index contributed by atoms with van der Waals surface area (Å²) in [5.74, 6) is -0.505. The fraction of sp³-hybridized carbons (Fsp3) is 0.222. The molecule has 0 heterocycles. The molecule has 0 radical (unpaired) electrons. The van der Waals surface area contributed by atoms with Crippen LogP contribution in [0.15, 0.2) is 18.2 Å². The Hall–Kier alpha value is -0.830.